The minimum atomic E-state index is -0.165. The topological polar surface area (TPSA) is 12.0 Å². The quantitative estimate of drug-likeness (QED) is 0.806. The first-order valence-electron chi connectivity index (χ1n) is 6.34. The number of aryl methyl sites for hydroxylation is 1. The van der Waals surface area contributed by atoms with Crippen LogP contribution < -0.4 is 5.32 Å². The van der Waals surface area contributed by atoms with Crippen molar-refractivity contribution in [3.05, 3.63) is 58.9 Å². The Morgan fingerprint density at radius 1 is 1.11 bits per heavy atom. The Kier molecular flexibility index (Phi) is 2.88. The standard InChI is InChI=1S/C16H16FN/c1-11-5-6-13(17)9-16(11)15-4-2-3-12-10-18-8-7-14(12)15/h2-6,9,18H,7-8,10H2,1H3. The minimum absolute atomic E-state index is 0.165. The number of fused-ring (bicyclic) bond motifs is 1. The summed E-state index contributed by atoms with van der Waals surface area (Å²) >= 11 is 0. The van der Waals surface area contributed by atoms with Crippen LogP contribution in [0.4, 0.5) is 4.39 Å². The van der Waals surface area contributed by atoms with Gasteiger partial charge in [0, 0.05) is 6.54 Å². The molecular formula is C16H16FN. The van der Waals surface area contributed by atoms with Gasteiger partial charge in [-0.1, -0.05) is 24.3 Å². The van der Waals surface area contributed by atoms with Crippen molar-refractivity contribution in [2.45, 2.75) is 19.9 Å². The normalized spacial score (nSPS) is 14.3. The van der Waals surface area contributed by atoms with Gasteiger partial charge in [-0.15, -0.1) is 0 Å². The molecule has 0 bridgehead atoms. The molecule has 0 aromatic heterocycles. The first-order chi connectivity index (χ1) is 8.75. The molecule has 0 saturated heterocycles. The van der Waals surface area contributed by atoms with E-state index in [1.165, 1.54) is 22.8 Å². The summed E-state index contributed by atoms with van der Waals surface area (Å²) in [6.07, 6.45) is 1.02. The van der Waals surface area contributed by atoms with Crippen molar-refractivity contribution in [2.24, 2.45) is 0 Å². The van der Waals surface area contributed by atoms with Crippen LogP contribution in [0.1, 0.15) is 16.7 Å². The molecule has 0 spiro atoms. The summed E-state index contributed by atoms with van der Waals surface area (Å²) in [6, 6.07) is 11.3. The Bertz CT molecular complexity index is 590. The lowest BCUT2D eigenvalue weighted by molar-refractivity contribution is 0.627. The van der Waals surface area contributed by atoms with Crippen molar-refractivity contribution in [1.82, 2.24) is 5.32 Å². The van der Waals surface area contributed by atoms with Crippen LogP contribution in [-0.2, 0) is 13.0 Å². The summed E-state index contributed by atoms with van der Waals surface area (Å²) in [5, 5.41) is 3.37. The predicted molar refractivity (Wildman–Crippen MR) is 72.0 cm³/mol. The van der Waals surface area contributed by atoms with Gasteiger partial charge in [-0.2, -0.15) is 0 Å². The number of halogens is 1. The Balaban J connectivity index is 2.19. The van der Waals surface area contributed by atoms with E-state index in [0.717, 1.165) is 30.6 Å². The van der Waals surface area contributed by atoms with Gasteiger partial charge in [0.25, 0.3) is 0 Å². The highest BCUT2D eigenvalue weighted by molar-refractivity contribution is 5.72. The molecule has 2 aromatic rings. The van der Waals surface area contributed by atoms with E-state index in [1.54, 1.807) is 6.07 Å². The van der Waals surface area contributed by atoms with Crippen LogP contribution in [0.3, 0.4) is 0 Å². The largest absolute Gasteiger partial charge is 0.312 e. The smallest absolute Gasteiger partial charge is 0.123 e. The van der Waals surface area contributed by atoms with Crippen molar-refractivity contribution >= 4 is 0 Å². The van der Waals surface area contributed by atoms with E-state index < -0.39 is 0 Å². The Morgan fingerprint density at radius 2 is 2.00 bits per heavy atom. The molecule has 0 atom stereocenters. The van der Waals surface area contributed by atoms with E-state index in [1.807, 2.05) is 13.0 Å². The summed E-state index contributed by atoms with van der Waals surface area (Å²) in [7, 11) is 0. The molecule has 0 radical (unpaired) electrons. The summed E-state index contributed by atoms with van der Waals surface area (Å²) in [5.74, 6) is -0.165. The first kappa shape index (κ1) is 11.4. The Morgan fingerprint density at radius 3 is 2.89 bits per heavy atom. The van der Waals surface area contributed by atoms with E-state index in [-0.39, 0.29) is 5.82 Å². The van der Waals surface area contributed by atoms with Crippen LogP contribution in [0.15, 0.2) is 36.4 Å². The highest BCUT2D eigenvalue weighted by atomic mass is 19.1. The van der Waals surface area contributed by atoms with Crippen LogP contribution >= 0.6 is 0 Å². The number of hydrogen-bond acceptors (Lipinski definition) is 1. The number of hydrogen-bond donors (Lipinski definition) is 1. The zero-order chi connectivity index (χ0) is 12.5. The van der Waals surface area contributed by atoms with Crippen LogP contribution in [0.5, 0.6) is 0 Å². The molecule has 0 aliphatic carbocycles. The molecule has 18 heavy (non-hydrogen) atoms. The third-order valence-electron chi connectivity index (χ3n) is 3.63. The average molecular weight is 241 g/mol. The fraction of sp³-hybridized carbons (Fsp3) is 0.250. The van der Waals surface area contributed by atoms with Crippen molar-refractivity contribution in [1.29, 1.82) is 0 Å². The molecule has 1 aliphatic heterocycles. The highest BCUT2D eigenvalue weighted by Gasteiger charge is 2.14. The zero-order valence-corrected chi connectivity index (χ0v) is 10.5. The predicted octanol–water partition coefficient (Wildman–Crippen LogP) is 3.45. The van der Waals surface area contributed by atoms with Crippen molar-refractivity contribution < 1.29 is 4.39 Å². The Labute approximate surface area is 107 Å². The second-order valence-electron chi connectivity index (χ2n) is 4.83. The molecule has 2 heteroatoms. The van der Waals surface area contributed by atoms with Gasteiger partial charge in [-0.05, 0) is 59.8 Å². The third-order valence-corrected chi connectivity index (χ3v) is 3.63. The number of nitrogens with one attached hydrogen (secondary N) is 1. The minimum Gasteiger partial charge on any atom is -0.312 e. The molecule has 1 heterocycles. The summed E-state index contributed by atoms with van der Waals surface area (Å²) in [6.45, 7) is 3.95. The molecule has 0 unspecified atom stereocenters. The molecule has 0 fully saturated rings. The van der Waals surface area contributed by atoms with Gasteiger partial charge in [0.2, 0.25) is 0 Å². The SMILES string of the molecule is Cc1ccc(F)cc1-c1cccc2c1CCNC2. The van der Waals surface area contributed by atoms with Crippen LogP contribution in [-0.4, -0.2) is 6.54 Å². The van der Waals surface area contributed by atoms with E-state index in [9.17, 15) is 4.39 Å². The molecule has 0 saturated carbocycles. The second kappa shape index (κ2) is 4.54. The lowest BCUT2D eigenvalue weighted by Crippen LogP contribution is -2.24. The van der Waals surface area contributed by atoms with Crippen molar-refractivity contribution in [3.8, 4) is 11.1 Å². The first-order valence-corrected chi connectivity index (χ1v) is 6.34. The molecule has 92 valence electrons. The fourth-order valence-corrected chi connectivity index (χ4v) is 2.67. The lowest BCUT2D eigenvalue weighted by Gasteiger charge is -2.21. The molecule has 1 aliphatic rings. The van der Waals surface area contributed by atoms with E-state index in [4.69, 9.17) is 0 Å². The molecule has 1 nitrogen and oxygen atoms in total. The average Bonchev–Trinajstić information content (AvgIpc) is 2.41. The maximum Gasteiger partial charge on any atom is 0.123 e. The monoisotopic (exact) mass is 241 g/mol. The van der Waals surface area contributed by atoms with Gasteiger partial charge < -0.3 is 5.32 Å². The molecule has 0 amide bonds. The Hall–Kier alpha value is -1.67. The van der Waals surface area contributed by atoms with Gasteiger partial charge in [-0.3, -0.25) is 0 Å². The van der Waals surface area contributed by atoms with Crippen LogP contribution in [0, 0.1) is 12.7 Å². The van der Waals surface area contributed by atoms with E-state index in [2.05, 4.69) is 23.5 Å². The molecular weight excluding hydrogens is 225 g/mol. The summed E-state index contributed by atoms with van der Waals surface area (Å²) in [5.41, 5.74) is 6.04. The number of rotatable bonds is 1. The fourth-order valence-electron chi connectivity index (χ4n) is 2.67. The van der Waals surface area contributed by atoms with Gasteiger partial charge >= 0.3 is 0 Å². The highest BCUT2D eigenvalue weighted by Crippen LogP contribution is 2.31. The maximum absolute atomic E-state index is 13.5. The van der Waals surface area contributed by atoms with Gasteiger partial charge in [0.1, 0.15) is 5.82 Å². The van der Waals surface area contributed by atoms with E-state index >= 15 is 0 Å². The number of benzene rings is 2. The third kappa shape index (κ3) is 1.93. The molecule has 1 N–H and O–H groups in total. The zero-order valence-electron chi connectivity index (χ0n) is 10.5. The van der Waals surface area contributed by atoms with Crippen molar-refractivity contribution in [3.63, 3.8) is 0 Å². The van der Waals surface area contributed by atoms with E-state index in [0.29, 0.717) is 0 Å². The van der Waals surface area contributed by atoms with Gasteiger partial charge in [0.15, 0.2) is 0 Å². The van der Waals surface area contributed by atoms with Crippen LogP contribution in [0.25, 0.3) is 11.1 Å². The molecule has 3 rings (SSSR count). The summed E-state index contributed by atoms with van der Waals surface area (Å²) < 4.78 is 13.5. The van der Waals surface area contributed by atoms with Crippen LogP contribution in [0.2, 0.25) is 0 Å². The van der Waals surface area contributed by atoms with Gasteiger partial charge in [-0.25, -0.2) is 4.39 Å². The van der Waals surface area contributed by atoms with Crippen molar-refractivity contribution in [2.75, 3.05) is 6.54 Å². The maximum atomic E-state index is 13.5. The molecule has 2 aromatic carbocycles. The van der Waals surface area contributed by atoms with Gasteiger partial charge in [0.05, 0.1) is 0 Å². The summed E-state index contributed by atoms with van der Waals surface area (Å²) in [4.78, 5) is 0. The lowest BCUT2D eigenvalue weighted by atomic mass is 9.89. The second-order valence-corrected chi connectivity index (χ2v) is 4.83.